The van der Waals surface area contributed by atoms with E-state index < -0.39 is 0 Å². The maximum atomic E-state index is 10.6. The molecule has 0 amide bonds. The van der Waals surface area contributed by atoms with Gasteiger partial charge in [0, 0.05) is 5.75 Å². The molecule has 1 rings (SSSR count). The highest BCUT2D eigenvalue weighted by molar-refractivity contribution is 8.00. The lowest BCUT2D eigenvalue weighted by molar-refractivity contribution is -0.112. The van der Waals surface area contributed by atoms with Crippen molar-refractivity contribution >= 4 is 23.4 Å². The first-order chi connectivity index (χ1) is 3.84. The summed E-state index contributed by atoms with van der Waals surface area (Å²) in [7, 11) is 0. The molecule has 0 atom stereocenters. The third-order valence-electron chi connectivity index (χ3n) is 0.967. The van der Waals surface area contributed by atoms with E-state index >= 15 is 0 Å². The molecule has 0 radical (unpaired) electrons. The molecule has 0 bridgehead atoms. The van der Waals surface area contributed by atoms with E-state index in [0.29, 0.717) is 17.1 Å². The van der Waals surface area contributed by atoms with Crippen LogP contribution in [0.2, 0.25) is 0 Å². The Morgan fingerprint density at radius 2 is 2.38 bits per heavy atom. The highest BCUT2D eigenvalue weighted by Gasteiger charge is 2.16. The Morgan fingerprint density at radius 1 is 1.62 bits per heavy atom. The van der Waals surface area contributed by atoms with Crippen LogP contribution in [0.15, 0.2) is 5.57 Å². The van der Waals surface area contributed by atoms with Crippen LogP contribution >= 0.6 is 11.8 Å². The summed E-state index contributed by atoms with van der Waals surface area (Å²) in [4.78, 5) is 10.6. The zero-order valence-electron chi connectivity index (χ0n) is 4.23. The van der Waals surface area contributed by atoms with E-state index in [1.165, 1.54) is 0 Å². The van der Waals surface area contributed by atoms with E-state index in [0.717, 1.165) is 0 Å². The van der Waals surface area contributed by atoms with E-state index in [1.54, 1.807) is 11.8 Å². The second kappa shape index (κ2) is 2.16. The monoisotopic (exact) mass is 127 g/mol. The van der Waals surface area contributed by atoms with Gasteiger partial charge in [0.25, 0.3) is 0 Å². The van der Waals surface area contributed by atoms with Crippen LogP contribution in [-0.4, -0.2) is 23.2 Å². The Hall–Kier alpha value is -0.530. The van der Waals surface area contributed by atoms with Crippen LogP contribution in [0.3, 0.4) is 0 Å². The molecule has 0 aromatic rings. The molecule has 1 fully saturated rings. The zero-order valence-corrected chi connectivity index (χ0v) is 5.05. The molecule has 0 saturated carbocycles. The van der Waals surface area contributed by atoms with E-state index in [9.17, 15) is 4.79 Å². The first-order valence-corrected chi connectivity index (χ1v) is 3.39. The molecule has 0 aliphatic carbocycles. The largest absolute Gasteiger partial charge is 0.293 e. The van der Waals surface area contributed by atoms with E-state index in [-0.39, 0.29) is 5.78 Å². The van der Waals surface area contributed by atoms with Gasteiger partial charge < -0.3 is 0 Å². The van der Waals surface area contributed by atoms with Gasteiger partial charge in [-0.3, -0.25) is 10.2 Å². The van der Waals surface area contributed by atoms with Crippen molar-refractivity contribution < 1.29 is 4.79 Å². The third-order valence-corrected chi connectivity index (χ3v) is 1.93. The topological polar surface area (TPSA) is 40.9 Å². The van der Waals surface area contributed by atoms with Gasteiger partial charge in [-0.15, -0.1) is 11.8 Å². The SMILES string of the molecule is N=C=C1CSCC1=O. The fourth-order valence-electron chi connectivity index (χ4n) is 0.519. The number of thioether (sulfide) groups is 1. The summed E-state index contributed by atoms with van der Waals surface area (Å²) in [6.45, 7) is 0. The van der Waals surface area contributed by atoms with Gasteiger partial charge in [0.05, 0.1) is 11.3 Å². The van der Waals surface area contributed by atoms with Crippen LogP contribution in [-0.2, 0) is 4.79 Å². The number of hydrogen-bond donors (Lipinski definition) is 1. The number of Topliss-reactive ketones (excluding diaryl/α,β-unsaturated/α-hetero) is 1. The van der Waals surface area contributed by atoms with Crippen LogP contribution in [0, 0.1) is 5.41 Å². The maximum absolute atomic E-state index is 10.6. The normalized spacial score (nSPS) is 19.0. The van der Waals surface area contributed by atoms with Crippen molar-refractivity contribution in [1.29, 1.82) is 5.41 Å². The molecule has 0 aromatic heterocycles. The third kappa shape index (κ3) is 0.831. The van der Waals surface area contributed by atoms with Gasteiger partial charge in [0.2, 0.25) is 0 Å². The molecule has 3 heteroatoms. The maximum Gasteiger partial charge on any atom is 0.178 e. The minimum Gasteiger partial charge on any atom is -0.293 e. The van der Waals surface area contributed by atoms with Crippen LogP contribution in [0.5, 0.6) is 0 Å². The highest BCUT2D eigenvalue weighted by atomic mass is 32.2. The minimum atomic E-state index is 0.0741. The number of rotatable bonds is 0. The average molecular weight is 127 g/mol. The Bertz CT molecular complexity index is 169. The quantitative estimate of drug-likeness (QED) is 0.380. The molecule has 1 N–H and O–H groups in total. The molecule has 1 aliphatic rings. The van der Waals surface area contributed by atoms with Gasteiger partial charge in [-0.05, 0) is 5.87 Å². The van der Waals surface area contributed by atoms with Crippen LogP contribution in [0.4, 0.5) is 0 Å². The second-order valence-corrected chi connectivity index (χ2v) is 2.51. The first kappa shape index (κ1) is 5.60. The highest BCUT2D eigenvalue weighted by Crippen LogP contribution is 2.16. The molecule has 2 nitrogen and oxygen atoms in total. The zero-order chi connectivity index (χ0) is 5.98. The summed E-state index contributed by atoms with van der Waals surface area (Å²) < 4.78 is 0. The molecule has 1 heterocycles. The molecule has 1 saturated heterocycles. The van der Waals surface area contributed by atoms with Crippen molar-refractivity contribution in [2.45, 2.75) is 0 Å². The minimum absolute atomic E-state index is 0.0741. The summed E-state index contributed by atoms with van der Waals surface area (Å²) in [5.41, 5.74) is 0.537. The number of carbonyl (C=O) groups is 1. The average Bonchev–Trinajstić information content (AvgIpc) is 2.14. The fourth-order valence-corrected chi connectivity index (χ4v) is 1.42. The Balaban J connectivity index is 2.84. The van der Waals surface area contributed by atoms with E-state index in [2.05, 4.69) is 5.87 Å². The van der Waals surface area contributed by atoms with Crippen LogP contribution in [0.1, 0.15) is 0 Å². The van der Waals surface area contributed by atoms with Gasteiger partial charge in [0.15, 0.2) is 5.78 Å². The molecular formula is C5H5NOS. The van der Waals surface area contributed by atoms with Crippen LogP contribution < -0.4 is 0 Å². The standard InChI is InChI=1S/C5H5NOS/c6-1-4-2-8-3-5(4)7/h6H,2-3H2. The Kier molecular flexibility index (Phi) is 1.51. The molecule has 42 valence electrons. The van der Waals surface area contributed by atoms with E-state index in [1.807, 2.05) is 0 Å². The van der Waals surface area contributed by atoms with Crippen molar-refractivity contribution in [2.24, 2.45) is 0 Å². The van der Waals surface area contributed by atoms with Gasteiger partial charge in [-0.1, -0.05) is 0 Å². The van der Waals surface area contributed by atoms with E-state index in [4.69, 9.17) is 5.41 Å². The summed E-state index contributed by atoms with van der Waals surface area (Å²) in [5, 5.41) is 6.61. The molecule has 8 heavy (non-hydrogen) atoms. The number of ketones is 1. The molecule has 0 aromatic carbocycles. The lowest BCUT2D eigenvalue weighted by atomic mass is 10.2. The Labute approximate surface area is 51.5 Å². The molecule has 1 aliphatic heterocycles. The number of nitrogens with one attached hydrogen (secondary N) is 1. The van der Waals surface area contributed by atoms with Crippen molar-refractivity contribution in [3.63, 3.8) is 0 Å². The Morgan fingerprint density at radius 3 is 2.62 bits per heavy atom. The lowest BCUT2D eigenvalue weighted by Gasteiger charge is -1.78. The lowest BCUT2D eigenvalue weighted by Crippen LogP contribution is -1.96. The van der Waals surface area contributed by atoms with Crippen molar-refractivity contribution in [2.75, 3.05) is 11.5 Å². The number of hydrogen-bond acceptors (Lipinski definition) is 3. The fraction of sp³-hybridized carbons (Fsp3) is 0.400. The van der Waals surface area contributed by atoms with Crippen molar-refractivity contribution in [3.8, 4) is 0 Å². The summed E-state index contributed by atoms with van der Waals surface area (Å²) in [6.07, 6.45) is 0. The smallest absolute Gasteiger partial charge is 0.178 e. The summed E-state index contributed by atoms with van der Waals surface area (Å²) in [6, 6.07) is 0. The van der Waals surface area contributed by atoms with Crippen LogP contribution in [0.25, 0.3) is 0 Å². The molecular weight excluding hydrogens is 122 g/mol. The van der Waals surface area contributed by atoms with Gasteiger partial charge in [-0.25, -0.2) is 0 Å². The molecule has 0 unspecified atom stereocenters. The number of carbonyl (C=O) groups excluding carboxylic acids is 1. The predicted molar refractivity (Wildman–Crippen MR) is 33.6 cm³/mol. The molecule has 0 spiro atoms. The van der Waals surface area contributed by atoms with Crippen molar-refractivity contribution in [3.05, 3.63) is 5.57 Å². The van der Waals surface area contributed by atoms with Gasteiger partial charge in [-0.2, -0.15) is 0 Å². The summed E-state index contributed by atoms with van der Waals surface area (Å²) in [5.74, 6) is 3.41. The van der Waals surface area contributed by atoms with Crippen molar-refractivity contribution in [1.82, 2.24) is 0 Å². The first-order valence-electron chi connectivity index (χ1n) is 2.24. The summed E-state index contributed by atoms with van der Waals surface area (Å²) >= 11 is 1.55. The van der Waals surface area contributed by atoms with Gasteiger partial charge in [0.1, 0.15) is 0 Å². The predicted octanol–water partition coefficient (Wildman–Crippen LogP) is 0.477. The van der Waals surface area contributed by atoms with Gasteiger partial charge >= 0.3 is 0 Å². The second-order valence-electron chi connectivity index (χ2n) is 1.52.